The second kappa shape index (κ2) is 8.25. The summed E-state index contributed by atoms with van der Waals surface area (Å²) in [6, 6.07) is 9.38. The second-order valence-electron chi connectivity index (χ2n) is 5.17. The van der Waals surface area contributed by atoms with Gasteiger partial charge in [0.15, 0.2) is 0 Å². The van der Waals surface area contributed by atoms with E-state index in [-0.39, 0.29) is 11.5 Å². The van der Waals surface area contributed by atoms with Crippen LogP contribution in [0.1, 0.15) is 26.4 Å². The summed E-state index contributed by atoms with van der Waals surface area (Å²) in [5, 5.41) is 5.19. The van der Waals surface area contributed by atoms with Gasteiger partial charge in [-0.3, -0.25) is 14.9 Å². The predicted molar refractivity (Wildman–Crippen MR) is 97.8 cm³/mol. The van der Waals surface area contributed by atoms with Crippen LogP contribution in [0.2, 0.25) is 0 Å². The zero-order valence-corrected chi connectivity index (χ0v) is 14.9. The van der Waals surface area contributed by atoms with Crippen LogP contribution >= 0.6 is 11.3 Å². The van der Waals surface area contributed by atoms with E-state index in [9.17, 15) is 14.4 Å². The van der Waals surface area contributed by atoms with E-state index in [2.05, 4.69) is 15.4 Å². The number of hydrogen-bond donors (Lipinski definition) is 2. The van der Waals surface area contributed by atoms with Gasteiger partial charge < -0.3 is 10.1 Å². The molecular formula is C18H18N2O4S. The van der Waals surface area contributed by atoms with Crippen LogP contribution < -0.4 is 10.6 Å². The summed E-state index contributed by atoms with van der Waals surface area (Å²) in [4.78, 5) is 36.5. The SMILES string of the molecule is COC(=O)NC(=O)c1c(NC(=O)/C=C/c2ccccc2)sc(C)c1C. The number of carbonyl (C=O) groups is 3. The molecule has 0 saturated carbocycles. The van der Waals surface area contributed by atoms with Crippen LogP contribution in [-0.4, -0.2) is 25.0 Å². The van der Waals surface area contributed by atoms with Gasteiger partial charge in [0.2, 0.25) is 5.91 Å². The van der Waals surface area contributed by atoms with E-state index < -0.39 is 12.0 Å². The van der Waals surface area contributed by atoms with E-state index in [4.69, 9.17) is 0 Å². The summed E-state index contributed by atoms with van der Waals surface area (Å²) in [7, 11) is 1.17. The van der Waals surface area contributed by atoms with Crippen molar-refractivity contribution in [2.45, 2.75) is 13.8 Å². The van der Waals surface area contributed by atoms with Gasteiger partial charge in [-0.1, -0.05) is 30.3 Å². The third-order valence-corrected chi connectivity index (χ3v) is 4.60. The fourth-order valence-corrected chi connectivity index (χ4v) is 3.15. The normalized spacial score (nSPS) is 10.5. The minimum atomic E-state index is -0.852. The van der Waals surface area contributed by atoms with Gasteiger partial charge in [-0.15, -0.1) is 11.3 Å². The first-order valence-corrected chi connectivity index (χ1v) is 8.27. The van der Waals surface area contributed by atoms with E-state index >= 15 is 0 Å². The van der Waals surface area contributed by atoms with Crippen LogP contribution in [0.5, 0.6) is 0 Å². The fraction of sp³-hybridized carbons (Fsp3) is 0.167. The molecular weight excluding hydrogens is 340 g/mol. The van der Waals surface area contributed by atoms with Gasteiger partial charge in [0, 0.05) is 11.0 Å². The summed E-state index contributed by atoms with van der Waals surface area (Å²) < 4.78 is 4.43. The van der Waals surface area contributed by atoms with E-state index in [0.717, 1.165) is 10.4 Å². The smallest absolute Gasteiger partial charge is 0.413 e. The van der Waals surface area contributed by atoms with Crippen molar-refractivity contribution >= 4 is 40.3 Å². The van der Waals surface area contributed by atoms with Crippen LogP contribution in [0.15, 0.2) is 36.4 Å². The molecule has 0 unspecified atom stereocenters. The third kappa shape index (κ3) is 4.77. The van der Waals surface area contributed by atoms with E-state index in [1.165, 1.54) is 24.5 Å². The summed E-state index contributed by atoms with van der Waals surface area (Å²) in [5.74, 6) is -0.978. The molecule has 3 amide bonds. The Kier molecular flexibility index (Phi) is 6.08. The Morgan fingerprint density at radius 2 is 1.80 bits per heavy atom. The van der Waals surface area contributed by atoms with Crippen molar-refractivity contribution in [3.8, 4) is 0 Å². The van der Waals surface area contributed by atoms with Crippen molar-refractivity contribution < 1.29 is 19.1 Å². The van der Waals surface area contributed by atoms with Gasteiger partial charge in [-0.25, -0.2) is 4.79 Å². The second-order valence-corrected chi connectivity index (χ2v) is 6.39. The van der Waals surface area contributed by atoms with E-state index in [0.29, 0.717) is 10.6 Å². The summed E-state index contributed by atoms with van der Waals surface area (Å²) in [5.41, 5.74) is 1.85. The number of amides is 3. The molecule has 25 heavy (non-hydrogen) atoms. The number of imide groups is 1. The van der Waals surface area contributed by atoms with Crippen molar-refractivity contribution in [3.63, 3.8) is 0 Å². The molecule has 1 heterocycles. The fourth-order valence-electron chi connectivity index (χ4n) is 2.08. The van der Waals surface area contributed by atoms with E-state index in [1.54, 1.807) is 13.0 Å². The lowest BCUT2D eigenvalue weighted by Gasteiger charge is -2.06. The molecule has 130 valence electrons. The predicted octanol–water partition coefficient (Wildman–Crippen LogP) is 3.51. The lowest BCUT2D eigenvalue weighted by atomic mass is 10.1. The number of nitrogens with one attached hydrogen (secondary N) is 2. The Balaban J connectivity index is 2.17. The molecule has 0 aliphatic heterocycles. The number of thiophene rings is 1. The zero-order valence-electron chi connectivity index (χ0n) is 14.1. The monoisotopic (exact) mass is 358 g/mol. The number of benzene rings is 1. The number of anilines is 1. The molecule has 0 fully saturated rings. The van der Waals surface area contributed by atoms with Crippen molar-refractivity contribution in [2.24, 2.45) is 0 Å². The lowest BCUT2D eigenvalue weighted by molar-refractivity contribution is -0.111. The number of hydrogen-bond acceptors (Lipinski definition) is 5. The minimum absolute atomic E-state index is 0.259. The van der Waals surface area contributed by atoms with Crippen molar-refractivity contribution in [3.05, 3.63) is 58.0 Å². The Morgan fingerprint density at radius 3 is 2.44 bits per heavy atom. The van der Waals surface area contributed by atoms with Crippen LogP contribution in [0, 0.1) is 13.8 Å². The van der Waals surface area contributed by atoms with Crippen molar-refractivity contribution in [2.75, 3.05) is 12.4 Å². The van der Waals surface area contributed by atoms with Gasteiger partial charge in [0.25, 0.3) is 5.91 Å². The first kappa shape index (κ1) is 18.4. The lowest BCUT2D eigenvalue weighted by Crippen LogP contribution is -2.31. The topological polar surface area (TPSA) is 84.5 Å². The maximum Gasteiger partial charge on any atom is 0.413 e. The van der Waals surface area contributed by atoms with Crippen LogP contribution in [0.4, 0.5) is 9.80 Å². The Hall–Kier alpha value is -2.93. The summed E-state index contributed by atoms with van der Waals surface area (Å²) in [6.07, 6.45) is 2.22. The highest BCUT2D eigenvalue weighted by Crippen LogP contribution is 2.32. The highest BCUT2D eigenvalue weighted by molar-refractivity contribution is 7.16. The Bertz CT molecular complexity index is 825. The van der Waals surface area contributed by atoms with Gasteiger partial charge >= 0.3 is 6.09 Å². The minimum Gasteiger partial charge on any atom is -0.453 e. The molecule has 2 N–H and O–H groups in total. The number of alkyl carbamates (subject to hydrolysis) is 1. The van der Waals surface area contributed by atoms with Crippen LogP contribution in [0.3, 0.4) is 0 Å². The molecule has 0 atom stereocenters. The molecule has 0 aliphatic carbocycles. The van der Waals surface area contributed by atoms with Gasteiger partial charge in [-0.05, 0) is 31.1 Å². The molecule has 0 radical (unpaired) electrons. The first-order valence-electron chi connectivity index (χ1n) is 7.45. The molecule has 0 aliphatic rings. The molecule has 1 aromatic carbocycles. The first-order chi connectivity index (χ1) is 11.9. The van der Waals surface area contributed by atoms with Crippen molar-refractivity contribution in [1.82, 2.24) is 5.32 Å². The quantitative estimate of drug-likeness (QED) is 0.819. The van der Waals surface area contributed by atoms with E-state index in [1.807, 2.05) is 37.3 Å². The molecule has 7 heteroatoms. The van der Waals surface area contributed by atoms with Crippen molar-refractivity contribution in [1.29, 1.82) is 0 Å². The number of rotatable bonds is 4. The average molecular weight is 358 g/mol. The number of aryl methyl sites for hydroxylation is 1. The Labute approximate surface area is 149 Å². The molecule has 1 aromatic heterocycles. The highest BCUT2D eigenvalue weighted by Gasteiger charge is 2.22. The highest BCUT2D eigenvalue weighted by atomic mass is 32.1. The zero-order chi connectivity index (χ0) is 18.4. The van der Waals surface area contributed by atoms with Crippen LogP contribution in [0.25, 0.3) is 6.08 Å². The summed E-state index contributed by atoms with van der Waals surface area (Å²) >= 11 is 1.28. The maximum absolute atomic E-state index is 12.3. The van der Waals surface area contributed by atoms with Gasteiger partial charge in [0.1, 0.15) is 5.00 Å². The maximum atomic E-state index is 12.3. The van der Waals surface area contributed by atoms with Gasteiger partial charge in [0.05, 0.1) is 12.7 Å². The number of carbonyl (C=O) groups excluding carboxylic acids is 3. The van der Waals surface area contributed by atoms with Gasteiger partial charge in [-0.2, -0.15) is 0 Å². The average Bonchev–Trinajstić information content (AvgIpc) is 2.87. The number of ether oxygens (including phenoxy) is 1. The third-order valence-electron chi connectivity index (χ3n) is 3.48. The molecule has 2 aromatic rings. The largest absolute Gasteiger partial charge is 0.453 e. The molecule has 0 bridgehead atoms. The van der Waals surface area contributed by atoms with Crippen LogP contribution in [-0.2, 0) is 9.53 Å². The molecule has 2 rings (SSSR count). The number of methoxy groups -OCH3 is 1. The Morgan fingerprint density at radius 1 is 1.12 bits per heavy atom. The molecule has 0 saturated heterocycles. The molecule has 6 nitrogen and oxygen atoms in total. The summed E-state index contributed by atoms with van der Waals surface area (Å²) in [6.45, 7) is 3.60. The molecule has 0 spiro atoms. The standard InChI is InChI=1S/C18H18N2O4S/c1-11-12(2)25-17(15(11)16(22)20-18(23)24-3)19-14(21)10-9-13-7-5-4-6-8-13/h4-10H,1-3H3,(H,19,21)(H,20,22,23)/b10-9+.